The van der Waals surface area contributed by atoms with Gasteiger partial charge in [-0.15, -0.1) is 11.3 Å². The zero-order valence-electron chi connectivity index (χ0n) is 12.2. The molecule has 0 atom stereocenters. The number of aryl methyl sites for hydroxylation is 3. The van der Waals surface area contributed by atoms with Crippen molar-refractivity contribution in [3.8, 4) is 0 Å². The van der Waals surface area contributed by atoms with E-state index in [9.17, 15) is 9.59 Å². The van der Waals surface area contributed by atoms with Gasteiger partial charge in [0.15, 0.2) is 0 Å². The number of thiazole rings is 1. The minimum atomic E-state index is -0.0220. The van der Waals surface area contributed by atoms with Gasteiger partial charge in [-0.25, -0.2) is 9.97 Å². The van der Waals surface area contributed by atoms with E-state index < -0.39 is 0 Å². The monoisotopic (exact) mass is 304 g/mol. The molecule has 0 aliphatic carbocycles. The van der Waals surface area contributed by atoms with E-state index in [1.165, 1.54) is 22.2 Å². The summed E-state index contributed by atoms with van der Waals surface area (Å²) in [6.07, 6.45) is 2.07. The molecule has 2 aromatic rings. The lowest BCUT2D eigenvalue weighted by molar-refractivity contribution is 0.0735. The topological polar surface area (TPSA) is 68.1 Å². The fraction of sp³-hybridized carbons (Fsp3) is 0.429. The lowest BCUT2D eigenvalue weighted by Crippen LogP contribution is -2.40. The van der Waals surface area contributed by atoms with Gasteiger partial charge in [0.1, 0.15) is 4.88 Å². The van der Waals surface area contributed by atoms with Crippen LogP contribution in [0.15, 0.2) is 11.1 Å². The molecule has 0 saturated heterocycles. The highest BCUT2D eigenvalue weighted by atomic mass is 32.1. The second kappa shape index (κ2) is 5.07. The highest BCUT2D eigenvalue weighted by Crippen LogP contribution is 2.22. The standard InChI is InChI=1S/C14H16N4O2S/c1-8-12(21-9(2)16-8)14(20)18-5-4-10-11(6-18)15-7-17(3)13(10)19/h7H,4-6H2,1-3H3. The Hall–Kier alpha value is -2.02. The molecule has 3 heterocycles. The van der Waals surface area contributed by atoms with Crippen molar-refractivity contribution < 1.29 is 4.79 Å². The van der Waals surface area contributed by atoms with Crippen molar-refractivity contribution in [3.63, 3.8) is 0 Å². The Kier molecular flexibility index (Phi) is 3.36. The summed E-state index contributed by atoms with van der Waals surface area (Å²) in [7, 11) is 1.69. The lowest BCUT2D eigenvalue weighted by Gasteiger charge is -2.27. The normalized spacial score (nSPS) is 14.1. The van der Waals surface area contributed by atoms with Crippen molar-refractivity contribution in [1.82, 2.24) is 19.4 Å². The molecule has 1 aliphatic rings. The van der Waals surface area contributed by atoms with Gasteiger partial charge in [-0.3, -0.25) is 9.59 Å². The lowest BCUT2D eigenvalue weighted by atomic mass is 10.1. The van der Waals surface area contributed by atoms with E-state index in [-0.39, 0.29) is 11.5 Å². The molecule has 0 radical (unpaired) electrons. The zero-order valence-corrected chi connectivity index (χ0v) is 13.0. The molecule has 0 saturated carbocycles. The van der Waals surface area contributed by atoms with Gasteiger partial charge >= 0.3 is 0 Å². The fourth-order valence-corrected chi connectivity index (χ4v) is 3.45. The number of carbonyl (C=O) groups excluding carboxylic acids is 1. The first-order valence-electron chi connectivity index (χ1n) is 6.74. The Labute approximate surface area is 126 Å². The predicted molar refractivity (Wildman–Crippen MR) is 79.5 cm³/mol. The van der Waals surface area contributed by atoms with Crippen molar-refractivity contribution in [1.29, 1.82) is 0 Å². The van der Waals surface area contributed by atoms with E-state index >= 15 is 0 Å². The summed E-state index contributed by atoms with van der Waals surface area (Å²) in [5.74, 6) is -0.0220. The van der Waals surface area contributed by atoms with Gasteiger partial charge < -0.3 is 9.47 Å². The van der Waals surface area contributed by atoms with E-state index in [1.54, 1.807) is 11.9 Å². The molecule has 2 aromatic heterocycles. The molecule has 0 spiro atoms. The Balaban J connectivity index is 1.90. The van der Waals surface area contributed by atoms with Crippen LogP contribution in [0.25, 0.3) is 0 Å². The largest absolute Gasteiger partial charge is 0.332 e. The van der Waals surface area contributed by atoms with Crippen molar-refractivity contribution >= 4 is 17.2 Å². The van der Waals surface area contributed by atoms with E-state index in [4.69, 9.17) is 0 Å². The summed E-state index contributed by atoms with van der Waals surface area (Å²) in [5, 5.41) is 0.889. The summed E-state index contributed by atoms with van der Waals surface area (Å²) in [6.45, 7) is 4.68. The Bertz CT molecular complexity index is 778. The van der Waals surface area contributed by atoms with Gasteiger partial charge in [0, 0.05) is 19.2 Å². The first-order valence-corrected chi connectivity index (χ1v) is 7.55. The molecule has 0 bridgehead atoms. The van der Waals surface area contributed by atoms with Crippen LogP contribution in [0.1, 0.15) is 31.6 Å². The molecule has 0 N–H and O–H groups in total. The average Bonchev–Trinajstić information content (AvgIpc) is 2.80. The molecule has 0 unspecified atom stereocenters. The predicted octanol–water partition coefficient (Wildman–Crippen LogP) is 1.05. The van der Waals surface area contributed by atoms with Gasteiger partial charge in [-0.1, -0.05) is 0 Å². The highest BCUT2D eigenvalue weighted by Gasteiger charge is 2.27. The molecule has 110 valence electrons. The summed E-state index contributed by atoms with van der Waals surface area (Å²) in [4.78, 5) is 35.6. The number of nitrogens with zero attached hydrogens (tertiary/aromatic N) is 4. The van der Waals surface area contributed by atoms with Gasteiger partial charge in [-0.2, -0.15) is 0 Å². The van der Waals surface area contributed by atoms with Crippen molar-refractivity contribution in [2.45, 2.75) is 26.8 Å². The van der Waals surface area contributed by atoms with E-state index in [2.05, 4.69) is 9.97 Å². The summed E-state index contributed by atoms with van der Waals surface area (Å²) >= 11 is 1.41. The fourth-order valence-electron chi connectivity index (χ4n) is 2.56. The maximum Gasteiger partial charge on any atom is 0.266 e. The number of hydrogen-bond acceptors (Lipinski definition) is 5. The first-order chi connectivity index (χ1) is 9.97. The second-order valence-corrected chi connectivity index (χ2v) is 6.41. The molecule has 3 rings (SSSR count). The average molecular weight is 304 g/mol. The minimum absolute atomic E-state index is 0.0167. The molecular formula is C14H16N4O2S. The van der Waals surface area contributed by atoms with Crippen LogP contribution in [0.4, 0.5) is 0 Å². The van der Waals surface area contributed by atoms with Gasteiger partial charge in [0.2, 0.25) is 0 Å². The molecule has 1 aliphatic heterocycles. The maximum atomic E-state index is 12.6. The zero-order chi connectivity index (χ0) is 15.1. The number of rotatable bonds is 1. The van der Waals surface area contributed by atoms with E-state index in [1.807, 2.05) is 13.8 Å². The Morgan fingerprint density at radius 2 is 2.14 bits per heavy atom. The van der Waals surface area contributed by atoms with Crippen LogP contribution >= 0.6 is 11.3 Å². The molecule has 0 fully saturated rings. The number of hydrogen-bond donors (Lipinski definition) is 0. The minimum Gasteiger partial charge on any atom is -0.332 e. The molecule has 7 heteroatoms. The quantitative estimate of drug-likeness (QED) is 0.790. The van der Waals surface area contributed by atoms with Crippen molar-refractivity contribution in [2.24, 2.45) is 7.05 Å². The molecule has 0 aromatic carbocycles. The summed E-state index contributed by atoms with van der Waals surface area (Å²) in [6, 6.07) is 0. The Morgan fingerprint density at radius 1 is 1.38 bits per heavy atom. The number of fused-ring (bicyclic) bond motifs is 1. The maximum absolute atomic E-state index is 12.6. The van der Waals surface area contributed by atoms with Gasteiger partial charge in [0.05, 0.1) is 29.3 Å². The molecular weight excluding hydrogens is 288 g/mol. The Morgan fingerprint density at radius 3 is 2.81 bits per heavy atom. The number of amides is 1. The van der Waals surface area contributed by atoms with Crippen LogP contribution in [0.2, 0.25) is 0 Å². The van der Waals surface area contributed by atoms with E-state index in [0.29, 0.717) is 30.1 Å². The van der Waals surface area contributed by atoms with Crippen LogP contribution in [0, 0.1) is 13.8 Å². The van der Waals surface area contributed by atoms with Crippen LogP contribution in [-0.2, 0) is 20.0 Å². The van der Waals surface area contributed by atoms with E-state index in [0.717, 1.165) is 16.3 Å². The third-order valence-electron chi connectivity index (χ3n) is 3.67. The van der Waals surface area contributed by atoms with Crippen LogP contribution in [0.3, 0.4) is 0 Å². The first kappa shape index (κ1) is 13.9. The van der Waals surface area contributed by atoms with Crippen LogP contribution < -0.4 is 5.56 Å². The van der Waals surface area contributed by atoms with Crippen molar-refractivity contribution in [3.05, 3.63) is 43.5 Å². The highest BCUT2D eigenvalue weighted by molar-refractivity contribution is 7.13. The van der Waals surface area contributed by atoms with Gasteiger partial charge in [-0.05, 0) is 20.3 Å². The third-order valence-corrected chi connectivity index (χ3v) is 4.73. The number of carbonyl (C=O) groups is 1. The molecule has 1 amide bonds. The number of aromatic nitrogens is 3. The van der Waals surface area contributed by atoms with Gasteiger partial charge in [0.25, 0.3) is 11.5 Å². The smallest absolute Gasteiger partial charge is 0.266 e. The third kappa shape index (κ3) is 2.37. The van der Waals surface area contributed by atoms with Crippen LogP contribution in [-0.4, -0.2) is 31.9 Å². The molecule has 6 nitrogen and oxygen atoms in total. The second-order valence-electron chi connectivity index (χ2n) is 5.21. The van der Waals surface area contributed by atoms with Crippen molar-refractivity contribution in [2.75, 3.05) is 6.54 Å². The molecule has 21 heavy (non-hydrogen) atoms. The SMILES string of the molecule is Cc1nc(C)c(C(=O)N2CCc3c(ncn(C)c3=O)C2)s1. The summed E-state index contributed by atoms with van der Waals surface area (Å²) < 4.78 is 1.48. The van der Waals surface area contributed by atoms with Crippen LogP contribution in [0.5, 0.6) is 0 Å². The summed E-state index contributed by atoms with van der Waals surface area (Å²) in [5.41, 5.74) is 2.18.